The Morgan fingerprint density at radius 1 is 0.923 bits per heavy atom. The molecule has 136 valence electrons. The Balaban J connectivity index is 2.10. The Bertz CT molecular complexity index is 777. The quantitative estimate of drug-likeness (QED) is 0.775. The summed E-state index contributed by atoms with van der Waals surface area (Å²) in [4.78, 5) is 36.1. The molecule has 0 saturated heterocycles. The van der Waals surface area contributed by atoms with Crippen molar-refractivity contribution in [3.05, 3.63) is 65.7 Å². The number of anilines is 1. The van der Waals surface area contributed by atoms with Crippen LogP contribution < -0.4 is 10.6 Å². The lowest BCUT2D eigenvalue weighted by Crippen LogP contribution is -2.45. The van der Waals surface area contributed by atoms with Crippen molar-refractivity contribution in [2.24, 2.45) is 0 Å². The van der Waals surface area contributed by atoms with Gasteiger partial charge < -0.3 is 20.1 Å². The molecular formula is C19H20N2O5. The smallest absolute Gasteiger partial charge is 0.339 e. The molecule has 2 rings (SSSR count). The van der Waals surface area contributed by atoms with Gasteiger partial charge in [0.25, 0.3) is 0 Å². The normalized spacial score (nSPS) is 11.2. The third-order valence-corrected chi connectivity index (χ3v) is 3.65. The fraction of sp³-hybridized carbons (Fsp3) is 0.211. The van der Waals surface area contributed by atoms with E-state index in [4.69, 9.17) is 4.74 Å². The van der Waals surface area contributed by atoms with Crippen LogP contribution in [0.3, 0.4) is 0 Å². The number of esters is 2. The number of urea groups is 1. The zero-order chi connectivity index (χ0) is 18.9. The van der Waals surface area contributed by atoms with E-state index in [1.807, 2.05) is 30.3 Å². The lowest BCUT2D eigenvalue weighted by molar-refractivity contribution is -0.142. The molecule has 0 fully saturated rings. The number of benzene rings is 2. The molecule has 0 saturated carbocycles. The second-order valence-corrected chi connectivity index (χ2v) is 5.40. The maximum Gasteiger partial charge on any atom is 0.339 e. The SMILES string of the molecule is COC(=O)c1ccccc1NC(=O)N[C@@H](Cc1ccccc1)C(=O)OC. The van der Waals surface area contributed by atoms with Crippen LogP contribution in [0, 0.1) is 0 Å². The van der Waals surface area contributed by atoms with E-state index < -0.39 is 24.0 Å². The third-order valence-electron chi connectivity index (χ3n) is 3.65. The number of methoxy groups -OCH3 is 2. The minimum absolute atomic E-state index is 0.211. The second-order valence-electron chi connectivity index (χ2n) is 5.40. The van der Waals surface area contributed by atoms with E-state index in [2.05, 4.69) is 15.4 Å². The molecule has 0 aliphatic carbocycles. The van der Waals surface area contributed by atoms with Gasteiger partial charge in [0, 0.05) is 6.42 Å². The van der Waals surface area contributed by atoms with Gasteiger partial charge in [0.15, 0.2) is 0 Å². The predicted octanol–water partition coefficient (Wildman–Crippen LogP) is 2.38. The van der Waals surface area contributed by atoms with Gasteiger partial charge in [0.05, 0.1) is 25.5 Å². The van der Waals surface area contributed by atoms with E-state index in [0.717, 1.165) is 5.56 Å². The standard InChI is InChI=1S/C19H20N2O5/c1-25-17(22)14-10-6-7-11-15(14)20-19(24)21-16(18(23)26-2)12-13-8-4-3-5-9-13/h3-11,16H,12H2,1-2H3,(H2,20,21,24)/t16-/m0/s1. The summed E-state index contributed by atoms with van der Waals surface area (Å²) in [7, 11) is 2.51. The lowest BCUT2D eigenvalue weighted by Gasteiger charge is -2.18. The molecular weight excluding hydrogens is 336 g/mol. The topological polar surface area (TPSA) is 93.7 Å². The van der Waals surface area contributed by atoms with Crippen LogP contribution >= 0.6 is 0 Å². The van der Waals surface area contributed by atoms with Crippen molar-refractivity contribution in [3.63, 3.8) is 0 Å². The molecule has 0 unspecified atom stereocenters. The highest BCUT2D eigenvalue weighted by Gasteiger charge is 2.23. The summed E-state index contributed by atoms with van der Waals surface area (Å²) in [5.41, 5.74) is 1.36. The molecule has 2 N–H and O–H groups in total. The minimum atomic E-state index is -0.868. The van der Waals surface area contributed by atoms with Gasteiger partial charge in [-0.3, -0.25) is 0 Å². The maximum atomic E-state index is 12.3. The summed E-state index contributed by atoms with van der Waals surface area (Å²) in [6, 6.07) is 14.2. The molecule has 1 atom stereocenters. The van der Waals surface area contributed by atoms with Gasteiger partial charge in [-0.05, 0) is 17.7 Å². The number of para-hydroxylation sites is 1. The summed E-state index contributed by atoms with van der Waals surface area (Å²) >= 11 is 0. The number of ether oxygens (including phenoxy) is 2. The van der Waals surface area contributed by atoms with Crippen LogP contribution in [0.25, 0.3) is 0 Å². The molecule has 0 bridgehead atoms. The third kappa shape index (κ3) is 5.07. The van der Waals surface area contributed by atoms with Crippen molar-refractivity contribution in [2.75, 3.05) is 19.5 Å². The fourth-order valence-electron chi connectivity index (χ4n) is 2.38. The Labute approximate surface area is 151 Å². The van der Waals surface area contributed by atoms with Crippen molar-refractivity contribution >= 4 is 23.7 Å². The van der Waals surface area contributed by atoms with E-state index in [1.54, 1.807) is 18.2 Å². The van der Waals surface area contributed by atoms with Crippen molar-refractivity contribution in [1.29, 1.82) is 0 Å². The first-order chi connectivity index (χ1) is 12.5. The number of nitrogens with one attached hydrogen (secondary N) is 2. The molecule has 7 heteroatoms. The molecule has 0 heterocycles. The summed E-state index contributed by atoms with van der Waals surface area (Å²) < 4.78 is 9.45. The fourth-order valence-corrected chi connectivity index (χ4v) is 2.38. The summed E-state index contributed by atoms with van der Waals surface area (Å²) in [5.74, 6) is -1.14. The molecule has 26 heavy (non-hydrogen) atoms. The highest BCUT2D eigenvalue weighted by Crippen LogP contribution is 2.16. The predicted molar refractivity (Wildman–Crippen MR) is 95.9 cm³/mol. The monoisotopic (exact) mass is 356 g/mol. The summed E-state index contributed by atoms with van der Waals surface area (Å²) in [6.07, 6.45) is 0.277. The molecule has 0 spiro atoms. The lowest BCUT2D eigenvalue weighted by atomic mass is 10.1. The van der Waals surface area contributed by atoms with Gasteiger partial charge in [-0.15, -0.1) is 0 Å². The molecule has 2 aromatic rings. The minimum Gasteiger partial charge on any atom is -0.467 e. The first kappa shape index (κ1) is 19.0. The number of rotatable bonds is 6. The molecule has 0 aliphatic heterocycles. The van der Waals surface area contributed by atoms with Crippen molar-refractivity contribution in [1.82, 2.24) is 5.32 Å². The highest BCUT2D eigenvalue weighted by molar-refractivity contribution is 6.01. The van der Waals surface area contributed by atoms with Crippen LogP contribution in [-0.2, 0) is 20.7 Å². The molecule has 0 radical (unpaired) electrons. The number of hydrogen-bond acceptors (Lipinski definition) is 5. The van der Waals surface area contributed by atoms with Gasteiger partial charge in [-0.25, -0.2) is 14.4 Å². The molecule has 7 nitrogen and oxygen atoms in total. The van der Waals surface area contributed by atoms with Gasteiger partial charge >= 0.3 is 18.0 Å². The molecule has 0 aromatic heterocycles. The first-order valence-electron chi connectivity index (χ1n) is 7.91. The highest BCUT2D eigenvalue weighted by atomic mass is 16.5. The first-order valence-corrected chi connectivity index (χ1v) is 7.91. The summed E-state index contributed by atoms with van der Waals surface area (Å²) in [5, 5.41) is 5.13. The zero-order valence-electron chi connectivity index (χ0n) is 14.5. The van der Waals surface area contributed by atoms with E-state index in [0.29, 0.717) is 0 Å². The zero-order valence-corrected chi connectivity index (χ0v) is 14.5. The Hall–Kier alpha value is -3.35. The van der Waals surface area contributed by atoms with Gasteiger partial charge in [-0.2, -0.15) is 0 Å². The van der Waals surface area contributed by atoms with E-state index in [9.17, 15) is 14.4 Å². The molecule has 2 aromatic carbocycles. The van der Waals surface area contributed by atoms with Crippen LogP contribution in [0.4, 0.5) is 10.5 Å². The van der Waals surface area contributed by atoms with Crippen molar-refractivity contribution in [3.8, 4) is 0 Å². The summed E-state index contributed by atoms with van der Waals surface area (Å²) in [6.45, 7) is 0. The van der Waals surface area contributed by atoms with E-state index in [1.165, 1.54) is 20.3 Å². The van der Waals surface area contributed by atoms with Gasteiger partial charge in [-0.1, -0.05) is 42.5 Å². The second kappa shape index (κ2) is 9.22. The van der Waals surface area contributed by atoms with Crippen LogP contribution in [0.15, 0.2) is 54.6 Å². The maximum absolute atomic E-state index is 12.3. The van der Waals surface area contributed by atoms with Crippen LogP contribution in [0.1, 0.15) is 15.9 Å². The Kier molecular flexibility index (Phi) is 6.73. The molecule has 0 aliphatic rings. The van der Waals surface area contributed by atoms with Crippen LogP contribution in [0.2, 0.25) is 0 Å². The van der Waals surface area contributed by atoms with Crippen LogP contribution in [-0.4, -0.2) is 38.2 Å². The largest absolute Gasteiger partial charge is 0.467 e. The van der Waals surface area contributed by atoms with Gasteiger partial charge in [0.2, 0.25) is 0 Å². The van der Waals surface area contributed by atoms with Crippen LogP contribution in [0.5, 0.6) is 0 Å². The number of carbonyl (C=O) groups excluding carboxylic acids is 3. The van der Waals surface area contributed by atoms with Crippen molar-refractivity contribution in [2.45, 2.75) is 12.5 Å². The van der Waals surface area contributed by atoms with Crippen molar-refractivity contribution < 1.29 is 23.9 Å². The van der Waals surface area contributed by atoms with E-state index in [-0.39, 0.29) is 17.7 Å². The number of amides is 2. The number of carbonyl (C=O) groups is 3. The number of hydrogen-bond donors (Lipinski definition) is 2. The Morgan fingerprint density at radius 2 is 1.58 bits per heavy atom. The Morgan fingerprint density at radius 3 is 2.23 bits per heavy atom. The molecule has 2 amide bonds. The van der Waals surface area contributed by atoms with Gasteiger partial charge in [0.1, 0.15) is 6.04 Å². The van der Waals surface area contributed by atoms with E-state index >= 15 is 0 Å². The average molecular weight is 356 g/mol. The average Bonchev–Trinajstić information content (AvgIpc) is 2.67.